The third kappa shape index (κ3) is 4.15. The van der Waals surface area contributed by atoms with Crippen molar-refractivity contribution >= 4 is 21.5 Å². The van der Waals surface area contributed by atoms with Crippen LogP contribution in [0.3, 0.4) is 0 Å². The predicted octanol–water partition coefficient (Wildman–Crippen LogP) is 3.15. The van der Waals surface area contributed by atoms with Gasteiger partial charge in [0.05, 0.1) is 17.6 Å². The van der Waals surface area contributed by atoms with E-state index in [0.717, 1.165) is 18.3 Å². The number of halogens is 3. The summed E-state index contributed by atoms with van der Waals surface area (Å²) in [5.41, 5.74) is 0.0852. The molecule has 3 rings (SSSR count). The van der Waals surface area contributed by atoms with Crippen molar-refractivity contribution in [2.45, 2.75) is 11.1 Å². The van der Waals surface area contributed by atoms with Crippen LogP contribution in [0.25, 0.3) is 11.3 Å². The fraction of sp³-hybridized carbons (Fsp3) is 0.176. The number of sulfonamides is 1. The fourth-order valence-corrected chi connectivity index (χ4v) is 3.17. The van der Waals surface area contributed by atoms with Crippen LogP contribution in [0.15, 0.2) is 53.9 Å². The summed E-state index contributed by atoms with van der Waals surface area (Å²) in [5.74, 6) is 0.174. The Morgan fingerprint density at radius 3 is 2.50 bits per heavy atom. The quantitative estimate of drug-likeness (QED) is 0.673. The van der Waals surface area contributed by atoms with Crippen molar-refractivity contribution in [3.05, 3.63) is 54.6 Å². The first-order chi connectivity index (χ1) is 13.1. The molecule has 7 nitrogen and oxygen atoms in total. The summed E-state index contributed by atoms with van der Waals surface area (Å²) in [7, 11) is -0.759. The van der Waals surface area contributed by atoms with Gasteiger partial charge in [-0.05, 0) is 31.3 Å². The third-order valence-electron chi connectivity index (χ3n) is 3.88. The summed E-state index contributed by atoms with van der Waals surface area (Å²) < 4.78 is 66.9. The van der Waals surface area contributed by atoms with Crippen molar-refractivity contribution in [1.82, 2.24) is 19.3 Å². The molecule has 0 unspecified atom stereocenters. The van der Waals surface area contributed by atoms with Crippen molar-refractivity contribution in [2.75, 3.05) is 12.4 Å². The highest BCUT2D eigenvalue weighted by molar-refractivity contribution is 7.89. The van der Waals surface area contributed by atoms with Gasteiger partial charge in [0.15, 0.2) is 0 Å². The van der Waals surface area contributed by atoms with Gasteiger partial charge in [-0.15, -0.1) is 0 Å². The standard InChI is InChI=1S/C17H16F3N5O2S/c1-21-28(26,27)13-7-14(15-9-25(2)10-23-15)16(22-8-13)24-12-5-3-4-11(6-12)17(18,19)20/h3-10,21H,1-2H3,(H,22,24). The molecule has 0 aliphatic carbocycles. The number of rotatable bonds is 5. The maximum absolute atomic E-state index is 12.9. The van der Waals surface area contributed by atoms with Gasteiger partial charge in [-0.1, -0.05) is 6.07 Å². The van der Waals surface area contributed by atoms with Gasteiger partial charge in [-0.2, -0.15) is 13.2 Å². The Balaban J connectivity index is 2.08. The molecule has 1 aromatic carbocycles. The maximum Gasteiger partial charge on any atom is 0.416 e. The van der Waals surface area contributed by atoms with E-state index in [0.29, 0.717) is 11.3 Å². The van der Waals surface area contributed by atoms with Crippen LogP contribution in [-0.2, 0) is 23.2 Å². The summed E-state index contributed by atoms with van der Waals surface area (Å²) in [6, 6.07) is 5.99. The van der Waals surface area contributed by atoms with E-state index in [4.69, 9.17) is 0 Å². The molecule has 0 aliphatic heterocycles. The summed E-state index contributed by atoms with van der Waals surface area (Å²) in [4.78, 5) is 8.19. The van der Waals surface area contributed by atoms with Gasteiger partial charge in [0.1, 0.15) is 10.7 Å². The number of aromatic nitrogens is 3. The molecule has 2 heterocycles. The van der Waals surface area contributed by atoms with E-state index >= 15 is 0 Å². The highest BCUT2D eigenvalue weighted by Gasteiger charge is 2.30. The van der Waals surface area contributed by atoms with Crippen LogP contribution >= 0.6 is 0 Å². The van der Waals surface area contributed by atoms with E-state index in [2.05, 4.69) is 20.0 Å². The Labute approximate surface area is 159 Å². The molecule has 3 aromatic rings. The Hall–Kier alpha value is -2.92. The first-order valence-corrected chi connectivity index (χ1v) is 9.44. The van der Waals surface area contributed by atoms with Crippen molar-refractivity contribution in [2.24, 2.45) is 7.05 Å². The number of imidazole rings is 1. The predicted molar refractivity (Wildman–Crippen MR) is 97.4 cm³/mol. The van der Waals surface area contributed by atoms with Crippen molar-refractivity contribution in [1.29, 1.82) is 0 Å². The van der Waals surface area contributed by atoms with Crippen LogP contribution in [-0.4, -0.2) is 30.0 Å². The molecule has 0 radical (unpaired) electrons. The molecule has 28 heavy (non-hydrogen) atoms. The normalized spacial score (nSPS) is 12.2. The average molecular weight is 411 g/mol. The van der Waals surface area contributed by atoms with Gasteiger partial charge >= 0.3 is 6.18 Å². The minimum absolute atomic E-state index is 0.0924. The lowest BCUT2D eigenvalue weighted by atomic mass is 10.1. The second-order valence-electron chi connectivity index (χ2n) is 5.90. The molecule has 2 N–H and O–H groups in total. The average Bonchev–Trinajstić information content (AvgIpc) is 3.07. The third-order valence-corrected chi connectivity index (χ3v) is 5.26. The highest BCUT2D eigenvalue weighted by atomic mass is 32.2. The number of nitrogens with one attached hydrogen (secondary N) is 2. The topological polar surface area (TPSA) is 88.9 Å². The second kappa shape index (κ2) is 7.24. The summed E-state index contributed by atoms with van der Waals surface area (Å²) in [5, 5.41) is 2.81. The van der Waals surface area contributed by atoms with Gasteiger partial charge in [-0.25, -0.2) is 23.1 Å². The molecular formula is C17H16F3N5O2S. The number of nitrogens with zero attached hydrogens (tertiary/aromatic N) is 3. The maximum atomic E-state index is 12.9. The number of pyridine rings is 1. The van der Waals surface area contributed by atoms with E-state index in [-0.39, 0.29) is 16.4 Å². The highest BCUT2D eigenvalue weighted by Crippen LogP contribution is 2.33. The first-order valence-electron chi connectivity index (χ1n) is 7.96. The van der Waals surface area contributed by atoms with E-state index in [1.165, 1.54) is 31.6 Å². The fourth-order valence-electron chi connectivity index (χ4n) is 2.47. The van der Waals surface area contributed by atoms with Crippen LogP contribution in [0, 0.1) is 0 Å². The number of hydrogen-bond donors (Lipinski definition) is 2. The first kappa shape index (κ1) is 19.8. The molecule has 0 bridgehead atoms. The molecule has 0 atom stereocenters. The monoisotopic (exact) mass is 411 g/mol. The number of alkyl halides is 3. The lowest BCUT2D eigenvalue weighted by molar-refractivity contribution is -0.137. The van der Waals surface area contributed by atoms with Crippen LogP contribution in [0.2, 0.25) is 0 Å². The molecule has 11 heteroatoms. The van der Waals surface area contributed by atoms with E-state index < -0.39 is 21.8 Å². The minimum atomic E-state index is -4.49. The number of aryl methyl sites for hydroxylation is 1. The zero-order valence-electron chi connectivity index (χ0n) is 14.8. The molecule has 0 spiro atoms. The Morgan fingerprint density at radius 2 is 1.89 bits per heavy atom. The van der Waals surface area contributed by atoms with Gasteiger partial charge in [-0.3, -0.25) is 0 Å². The Bertz CT molecular complexity index is 1110. The van der Waals surface area contributed by atoms with Gasteiger partial charge in [0.2, 0.25) is 10.0 Å². The number of anilines is 2. The molecule has 0 saturated heterocycles. The zero-order chi connectivity index (χ0) is 20.5. The van der Waals surface area contributed by atoms with E-state index in [1.807, 2.05) is 0 Å². The van der Waals surface area contributed by atoms with Gasteiger partial charge < -0.3 is 9.88 Å². The molecule has 0 saturated carbocycles. The smallest absolute Gasteiger partial charge is 0.340 e. The second-order valence-corrected chi connectivity index (χ2v) is 7.79. The van der Waals surface area contributed by atoms with Crippen molar-refractivity contribution < 1.29 is 21.6 Å². The Morgan fingerprint density at radius 1 is 1.14 bits per heavy atom. The zero-order valence-corrected chi connectivity index (χ0v) is 15.6. The number of benzene rings is 1. The van der Waals surface area contributed by atoms with Crippen LogP contribution in [0.4, 0.5) is 24.7 Å². The minimum Gasteiger partial charge on any atom is -0.340 e. The van der Waals surface area contributed by atoms with Gasteiger partial charge in [0.25, 0.3) is 0 Å². The number of hydrogen-bond acceptors (Lipinski definition) is 5. The van der Waals surface area contributed by atoms with Crippen LogP contribution in [0.1, 0.15) is 5.56 Å². The largest absolute Gasteiger partial charge is 0.416 e. The Kier molecular flexibility index (Phi) is 5.13. The summed E-state index contributed by atoms with van der Waals surface area (Å²) in [6.45, 7) is 0. The SMILES string of the molecule is CNS(=O)(=O)c1cnc(Nc2cccc(C(F)(F)F)c2)c(-c2cn(C)cn2)c1. The van der Waals surface area contributed by atoms with E-state index in [9.17, 15) is 21.6 Å². The van der Waals surface area contributed by atoms with Crippen LogP contribution in [0.5, 0.6) is 0 Å². The molecule has 148 valence electrons. The lowest BCUT2D eigenvalue weighted by Crippen LogP contribution is -2.19. The molecular weight excluding hydrogens is 395 g/mol. The lowest BCUT2D eigenvalue weighted by Gasteiger charge is -2.13. The van der Waals surface area contributed by atoms with Crippen molar-refractivity contribution in [3.63, 3.8) is 0 Å². The van der Waals surface area contributed by atoms with E-state index in [1.54, 1.807) is 17.8 Å². The van der Waals surface area contributed by atoms with Crippen molar-refractivity contribution in [3.8, 4) is 11.3 Å². The van der Waals surface area contributed by atoms with Crippen LogP contribution < -0.4 is 10.0 Å². The summed E-state index contributed by atoms with van der Waals surface area (Å²) >= 11 is 0. The molecule has 0 amide bonds. The molecule has 0 aliphatic rings. The molecule has 0 fully saturated rings. The van der Waals surface area contributed by atoms with Gasteiger partial charge in [0, 0.05) is 30.7 Å². The molecule has 2 aromatic heterocycles. The summed E-state index contributed by atoms with van der Waals surface area (Å²) in [6.07, 6.45) is -0.208.